The number of rotatable bonds is 4. The van der Waals surface area contributed by atoms with Crippen LogP contribution in [0.3, 0.4) is 0 Å². The summed E-state index contributed by atoms with van der Waals surface area (Å²) in [6.45, 7) is 1.44. The number of piperidine rings is 1. The van der Waals surface area contributed by atoms with Gasteiger partial charge >= 0.3 is 0 Å². The van der Waals surface area contributed by atoms with Crippen molar-refractivity contribution in [3.05, 3.63) is 29.6 Å². The lowest BCUT2D eigenvalue weighted by Gasteiger charge is -2.32. The Morgan fingerprint density at radius 3 is 2.70 bits per heavy atom. The molecule has 0 unspecified atom stereocenters. The predicted molar refractivity (Wildman–Crippen MR) is 72.8 cm³/mol. The maximum Gasteiger partial charge on any atom is 0.254 e. The van der Waals surface area contributed by atoms with Crippen LogP contribution in [-0.2, 0) is 4.74 Å². The Bertz CT molecular complexity index is 453. The largest absolute Gasteiger partial charge is 0.399 e. The number of ether oxygens (including phenoxy) is 1. The van der Waals surface area contributed by atoms with Gasteiger partial charge in [0.2, 0.25) is 0 Å². The van der Waals surface area contributed by atoms with Crippen molar-refractivity contribution in [3.8, 4) is 0 Å². The number of nitrogen functional groups attached to an aromatic ring is 1. The zero-order valence-corrected chi connectivity index (χ0v) is 11.2. The number of amides is 1. The molecule has 1 aliphatic heterocycles. The molecule has 1 amide bonds. The Balaban J connectivity index is 1.94. The van der Waals surface area contributed by atoms with Gasteiger partial charge in [-0.1, -0.05) is 0 Å². The standard InChI is InChI=1S/C14H19FN2O3/c15-11-7-10(8-12(16)9-11)14(19)17-3-1-13(2-4-17)20-6-5-18/h7-9,13,18H,1-6,16H2. The summed E-state index contributed by atoms with van der Waals surface area (Å²) in [6.07, 6.45) is 1.51. The lowest BCUT2D eigenvalue weighted by molar-refractivity contribution is -0.00554. The molecule has 1 aromatic rings. The summed E-state index contributed by atoms with van der Waals surface area (Å²) in [6, 6.07) is 3.87. The van der Waals surface area contributed by atoms with Gasteiger partial charge in [0.1, 0.15) is 5.82 Å². The fourth-order valence-corrected chi connectivity index (χ4v) is 2.36. The van der Waals surface area contributed by atoms with E-state index in [0.29, 0.717) is 19.7 Å². The van der Waals surface area contributed by atoms with E-state index in [2.05, 4.69) is 0 Å². The first-order chi connectivity index (χ1) is 9.60. The highest BCUT2D eigenvalue weighted by Crippen LogP contribution is 2.18. The Morgan fingerprint density at radius 1 is 1.40 bits per heavy atom. The van der Waals surface area contributed by atoms with Crippen LogP contribution in [0.2, 0.25) is 0 Å². The third-order valence-corrected chi connectivity index (χ3v) is 3.34. The molecule has 0 radical (unpaired) electrons. The van der Waals surface area contributed by atoms with Gasteiger partial charge in [0.15, 0.2) is 0 Å². The Labute approximate surface area is 117 Å². The molecule has 2 rings (SSSR count). The van der Waals surface area contributed by atoms with Crippen molar-refractivity contribution < 1.29 is 19.0 Å². The summed E-state index contributed by atoms with van der Waals surface area (Å²) in [7, 11) is 0. The summed E-state index contributed by atoms with van der Waals surface area (Å²) in [4.78, 5) is 13.9. The Morgan fingerprint density at radius 2 is 2.10 bits per heavy atom. The molecule has 0 atom stereocenters. The van der Waals surface area contributed by atoms with Gasteiger partial charge in [0.05, 0.1) is 19.3 Å². The Kier molecular flexibility index (Phi) is 4.92. The van der Waals surface area contributed by atoms with Crippen molar-refractivity contribution in [2.45, 2.75) is 18.9 Å². The zero-order chi connectivity index (χ0) is 14.5. The van der Waals surface area contributed by atoms with Crippen molar-refractivity contribution in [2.75, 3.05) is 32.0 Å². The van der Waals surface area contributed by atoms with Crippen molar-refractivity contribution >= 4 is 11.6 Å². The number of aliphatic hydroxyl groups is 1. The van der Waals surface area contributed by atoms with E-state index in [4.69, 9.17) is 15.6 Å². The molecule has 0 spiro atoms. The minimum absolute atomic E-state index is 0.00170. The molecular formula is C14H19FN2O3. The molecule has 6 heteroatoms. The molecule has 1 aliphatic rings. The van der Waals surface area contributed by atoms with E-state index in [9.17, 15) is 9.18 Å². The highest BCUT2D eigenvalue weighted by Gasteiger charge is 2.24. The van der Waals surface area contributed by atoms with Crippen LogP contribution in [0.5, 0.6) is 0 Å². The molecule has 0 aliphatic carbocycles. The maximum absolute atomic E-state index is 13.3. The molecule has 0 saturated carbocycles. The number of carbonyl (C=O) groups excluding carboxylic acids is 1. The van der Waals surface area contributed by atoms with E-state index < -0.39 is 5.82 Å². The van der Waals surface area contributed by atoms with Crippen molar-refractivity contribution in [1.29, 1.82) is 0 Å². The molecule has 1 heterocycles. The Hall–Kier alpha value is -1.66. The number of nitrogens with two attached hydrogens (primary N) is 1. The van der Waals surface area contributed by atoms with E-state index >= 15 is 0 Å². The van der Waals surface area contributed by atoms with Gasteiger partial charge in [-0.3, -0.25) is 4.79 Å². The number of anilines is 1. The average molecular weight is 282 g/mol. The highest BCUT2D eigenvalue weighted by atomic mass is 19.1. The minimum atomic E-state index is -0.505. The van der Waals surface area contributed by atoms with Gasteiger partial charge in [0.25, 0.3) is 5.91 Å². The van der Waals surface area contributed by atoms with E-state index in [1.165, 1.54) is 18.2 Å². The number of hydrogen-bond donors (Lipinski definition) is 2. The lowest BCUT2D eigenvalue weighted by Crippen LogP contribution is -2.41. The number of likely N-dealkylation sites (tertiary alicyclic amines) is 1. The lowest BCUT2D eigenvalue weighted by atomic mass is 10.1. The molecule has 20 heavy (non-hydrogen) atoms. The first-order valence-corrected chi connectivity index (χ1v) is 6.68. The number of hydrogen-bond acceptors (Lipinski definition) is 4. The van der Waals surface area contributed by atoms with E-state index in [1.54, 1.807) is 4.90 Å². The van der Waals surface area contributed by atoms with Crippen molar-refractivity contribution in [3.63, 3.8) is 0 Å². The number of halogens is 1. The smallest absolute Gasteiger partial charge is 0.254 e. The van der Waals surface area contributed by atoms with Gasteiger partial charge in [-0.05, 0) is 31.0 Å². The summed E-state index contributed by atoms with van der Waals surface area (Å²) >= 11 is 0. The van der Waals surface area contributed by atoms with Crippen LogP contribution in [0.4, 0.5) is 10.1 Å². The maximum atomic E-state index is 13.3. The van der Waals surface area contributed by atoms with Crippen LogP contribution in [0.15, 0.2) is 18.2 Å². The fraction of sp³-hybridized carbons (Fsp3) is 0.500. The van der Waals surface area contributed by atoms with Crippen LogP contribution in [0.1, 0.15) is 23.2 Å². The van der Waals surface area contributed by atoms with E-state index in [0.717, 1.165) is 12.8 Å². The van der Waals surface area contributed by atoms with Crippen molar-refractivity contribution in [2.24, 2.45) is 0 Å². The normalized spacial score (nSPS) is 16.4. The summed E-state index contributed by atoms with van der Waals surface area (Å²) in [5, 5.41) is 8.70. The topological polar surface area (TPSA) is 75.8 Å². The first-order valence-electron chi connectivity index (χ1n) is 6.68. The monoisotopic (exact) mass is 282 g/mol. The zero-order valence-electron chi connectivity index (χ0n) is 11.2. The predicted octanol–water partition coefficient (Wildman–Crippen LogP) is 1.02. The van der Waals surface area contributed by atoms with Gasteiger partial charge in [0, 0.05) is 24.3 Å². The van der Waals surface area contributed by atoms with E-state index in [-0.39, 0.29) is 29.9 Å². The van der Waals surface area contributed by atoms with Crippen LogP contribution < -0.4 is 5.73 Å². The molecule has 1 fully saturated rings. The summed E-state index contributed by atoms with van der Waals surface area (Å²) in [5.74, 6) is -0.716. The fourth-order valence-electron chi connectivity index (χ4n) is 2.36. The molecule has 110 valence electrons. The minimum Gasteiger partial charge on any atom is -0.399 e. The molecule has 0 aromatic heterocycles. The molecule has 1 aromatic carbocycles. The number of nitrogens with zero attached hydrogens (tertiary/aromatic N) is 1. The number of aliphatic hydroxyl groups excluding tert-OH is 1. The quantitative estimate of drug-likeness (QED) is 0.809. The van der Waals surface area contributed by atoms with Gasteiger partial charge in [-0.15, -0.1) is 0 Å². The van der Waals surface area contributed by atoms with Gasteiger partial charge in [-0.2, -0.15) is 0 Å². The van der Waals surface area contributed by atoms with Crippen LogP contribution in [0.25, 0.3) is 0 Å². The van der Waals surface area contributed by atoms with Crippen molar-refractivity contribution in [1.82, 2.24) is 4.90 Å². The third kappa shape index (κ3) is 3.68. The number of benzene rings is 1. The highest BCUT2D eigenvalue weighted by molar-refractivity contribution is 5.95. The third-order valence-electron chi connectivity index (χ3n) is 3.34. The summed E-state index contributed by atoms with van der Waals surface area (Å²) < 4.78 is 18.7. The number of carbonyl (C=O) groups is 1. The second-order valence-corrected chi connectivity index (χ2v) is 4.86. The second kappa shape index (κ2) is 6.67. The SMILES string of the molecule is Nc1cc(F)cc(C(=O)N2CCC(OCCO)CC2)c1. The summed E-state index contributed by atoms with van der Waals surface area (Å²) in [5.41, 5.74) is 6.07. The molecule has 0 bridgehead atoms. The molecule has 1 saturated heterocycles. The second-order valence-electron chi connectivity index (χ2n) is 4.86. The van der Waals surface area contributed by atoms with Gasteiger partial charge in [-0.25, -0.2) is 4.39 Å². The van der Waals surface area contributed by atoms with Gasteiger partial charge < -0.3 is 20.5 Å². The van der Waals surface area contributed by atoms with E-state index in [1.807, 2.05) is 0 Å². The molecular weight excluding hydrogens is 263 g/mol. The molecule has 5 nitrogen and oxygen atoms in total. The van der Waals surface area contributed by atoms with Crippen LogP contribution >= 0.6 is 0 Å². The molecule has 3 N–H and O–H groups in total. The average Bonchev–Trinajstić information content (AvgIpc) is 2.44. The van der Waals surface area contributed by atoms with Crippen LogP contribution in [0, 0.1) is 5.82 Å². The van der Waals surface area contributed by atoms with Crippen LogP contribution in [-0.4, -0.2) is 48.3 Å². The first kappa shape index (κ1) is 14.7.